The molecule has 0 spiro atoms. The van der Waals surface area contributed by atoms with Gasteiger partial charge in [0.15, 0.2) is 0 Å². The normalized spacial score (nSPS) is 12.5. The van der Waals surface area contributed by atoms with Gasteiger partial charge in [-0.3, -0.25) is 0 Å². The fraction of sp³-hybridized carbons (Fsp3) is 0.900. The van der Waals surface area contributed by atoms with Crippen molar-refractivity contribution < 1.29 is 0 Å². The molecule has 0 bridgehead atoms. The Morgan fingerprint density at radius 1 is 1.31 bits per heavy atom. The third-order valence-electron chi connectivity index (χ3n) is 2.20. The van der Waals surface area contributed by atoms with Gasteiger partial charge in [-0.05, 0) is 18.8 Å². The minimum Gasteiger partial charge on any atom is -0.371 e. The molecule has 3 heteroatoms. The Kier molecular flexibility index (Phi) is 8.98. The van der Waals surface area contributed by atoms with E-state index in [1.54, 1.807) is 0 Å². The first-order valence-corrected chi connectivity index (χ1v) is 6.03. The average Bonchev–Trinajstić information content (AvgIpc) is 2.09. The molecule has 13 heavy (non-hydrogen) atoms. The van der Waals surface area contributed by atoms with Crippen LogP contribution in [0.5, 0.6) is 0 Å². The smallest absolute Gasteiger partial charge is 0.130 e. The highest BCUT2D eigenvalue weighted by Crippen LogP contribution is 2.13. The number of hydrogen-bond donors (Lipinski definition) is 2. The summed E-state index contributed by atoms with van der Waals surface area (Å²) in [5.74, 6) is 0.773. The van der Waals surface area contributed by atoms with Gasteiger partial charge in [-0.2, -0.15) is 0 Å². The van der Waals surface area contributed by atoms with E-state index in [0.29, 0.717) is 4.32 Å². The molecule has 0 aromatic heterocycles. The van der Waals surface area contributed by atoms with Gasteiger partial charge in [0.05, 0.1) is 0 Å². The Bertz CT molecular complexity index is 137. The zero-order valence-corrected chi connectivity index (χ0v) is 10.4. The highest BCUT2D eigenvalue weighted by atomic mass is 32.1. The van der Waals surface area contributed by atoms with E-state index in [4.69, 9.17) is 12.2 Å². The lowest BCUT2D eigenvalue weighted by Crippen LogP contribution is -2.24. The lowest BCUT2D eigenvalue weighted by atomic mass is 9.97. The van der Waals surface area contributed by atoms with E-state index in [9.17, 15) is 0 Å². The number of thiol groups is 1. The molecule has 0 saturated carbocycles. The topological polar surface area (TPSA) is 12.0 Å². The first-order valence-electron chi connectivity index (χ1n) is 5.17. The molecule has 0 rings (SSSR count). The lowest BCUT2D eigenvalue weighted by Gasteiger charge is -2.16. The van der Waals surface area contributed by atoms with Crippen LogP contribution in [0.1, 0.15) is 46.0 Å². The molecule has 0 radical (unpaired) electrons. The van der Waals surface area contributed by atoms with Crippen molar-refractivity contribution in [3.63, 3.8) is 0 Å². The van der Waals surface area contributed by atoms with E-state index in [1.165, 1.54) is 32.1 Å². The monoisotopic (exact) mass is 219 g/mol. The maximum atomic E-state index is 4.86. The van der Waals surface area contributed by atoms with Crippen molar-refractivity contribution in [1.29, 1.82) is 0 Å². The van der Waals surface area contributed by atoms with Gasteiger partial charge in [0.2, 0.25) is 0 Å². The zero-order valence-electron chi connectivity index (χ0n) is 8.68. The molecule has 78 valence electrons. The maximum Gasteiger partial charge on any atom is 0.130 e. The van der Waals surface area contributed by atoms with Crippen LogP contribution in [0.4, 0.5) is 0 Å². The molecule has 0 aliphatic rings. The van der Waals surface area contributed by atoms with Gasteiger partial charge in [0.25, 0.3) is 0 Å². The van der Waals surface area contributed by atoms with Gasteiger partial charge in [-0.1, -0.05) is 45.3 Å². The van der Waals surface area contributed by atoms with Crippen molar-refractivity contribution in [2.75, 3.05) is 6.54 Å². The standard InChI is InChI=1S/C10H21NS2/c1-3-5-7-9(6-4-2)8-11-10(12)13/h9H,3-8H2,1-2H3,(H2,11,12,13). The molecule has 0 aromatic carbocycles. The quantitative estimate of drug-likeness (QED) is 0.503. The lowest BCUT2D eigenvalue weighted by molar-refractivity contribution is 0.426. The van der Waals surface area contributed by atoms with Crippen molar-refractivity contribution in [2.45, 2.75) is 46.0 Å². The Hall–Kier alpha value is 0.240. The van der Waals surface area contributed by atoms with Gasteiger partial charge in [0.1, 0.15) is 4.32 Å². The van der Waals surface area contributed by atoms with Crippen LogP contribution < -0.4 is 5.32 Å². The summed E-state index contributed by atoms with van der Waals surface area (Å²) in [5, 5.41) is 3.13. The first-order chi connectivity index (χ1) is 6.20. The summed E-state index contributed by atoms with van der Waals surface area (Å²) in [5.41, 5.74) is 0. The summed E-state index contributed by atoms with van der Waals surface area (Å²) in [6.45, 7) is 5.47. The predicted octanol–water partition coefficient (Wildman–Crippen LogP) is 3.40. The van der Waals surface area contributed by atoms with Crippen molar-refractivity contribution in [1.82, 2.24) is 5.32 Å². The van der Waals surface area contributed by atoms with Crippen LogP contribution >= 0.6 is 24.8 Å². The third-order valence-corrected chi connectivity index (χ3v) is 2.51. The molecule has 0 amide bonds. The minimum absolute atomic E-state index is 0.623. The summed E-state index contributed by atoms with van der Waals surface area (Å²) in [4.78, 5) is 0. The molecule has 0 aromatic rings. The van der Waals surface area contributed by atoms with Crippen molar-refractivity contribution >= 4 is 29.2 Å². The molecule has 1 N–H and O–H groups in total. The second kappa shape index (κ2) is 8.82. The second-order valence-electron chi connectivity index (χ2n) is 3.48. The molecule has 0 heterocycles. The summed E-state index contributed by atoms with van der Waals surface area (Å²) in [6.07, 6.45) is 6.48. The highest BCUT2D eigenvalue weighted by molar-refractivity contribution is 8.11. The fourth-order valence-corrected chi connectivity index (χ4v) is 1.66. The molecule has 1 nitrogen and oxygen atoms in total. The second-order valence-corrected chi connectivity index (χ2v) is 4.64. The van der Waals surface area contributed by atoms with E-state index >= 15 is 0 Å². The molecular weight excluding hydrogens is 198 g/mol. The van der Waals surface area contributed by atoms with Crippen LogP contribution in [0.25, 0.3) is 0 Å². The van der Waals surface area contributed by atoms with Gasteiger partial charge >= 0.3 is 0 Å². The maximum absolute atomic E-state index is 4.86. The Morgan fingerprint density at radius 2 is 2.00 bits per heavy atom. The van der Waals surface area contributed by atoms with Crippen molar-refractivity contribution in [3.05, 3.63) is 0 Å². The molecular formula is C10H21NS2. The molecule has 0 aliphatic heterocycles. The molecule has 1 atom stereocenters. The first kappa shape index (κ1) is 13.2. The minimum atomic E-state index is 0.623. The van der Waals surface area contributed by atoms with Crippen molar-refractivity contribution in [2.24, 2.45) is 5.92 Å². The van der Waals surface area contributed by atoms with Crippen LogP contribution in [0, 0.1) is 5.92 Å². The summed E-state index contributed by atoms with van der Waals surface area (Å²) < 4.78 is 0.623. The molecule has 0 aliphatic carbocycles. The van der Waals surface area contributed by atoms with E-state index in [2.05, 4.69) is 31.8 Å². The van der Waals surface area contributed by atoms with Gasteiger partial charge < -0.3 is 5.32 Å². The zero-order chi connectivity index (χ0) is 10.1. The Balaban J connectivity index is 3.59. The molecule has 1 unspecified atom stereocenters. The van der Waals surface area contributed by atoms with Gasteiger partial charge in [0, 0.05) is 6.54 Å². The van der Waals surface area contributed by atoms with Crippen LogP contribution in [0.2, 0.25) is 0 Å². The fourth-order valence-electron chi connectivity index (χ4n) is 1.48. The van der Waals surface area contributed by atoms with Crippen LogP contribution in [0.15, 0.2) is 0 Å². The average molecular weight is 219 g/mol. The summed E-state index contributed by atoms with van der Waals surface area (Å²) in [7, 11) is 0. The SMILES string of the molecule is CCCCC(CCC)CNC(=S)S. The van der Waals surface area contributed by atoms with Crippen LogP contribution in [0.3, 0.4) is 0 Å². The predicted molar refractivity (Wildman–Crippen MR) is 67.5 cm³/mol. The largest absolute Gasteiger partial charge is 0.371 e. The number of nitrogens with one attached hydrogen (secondary N) is 1. The van der Waals surface area contributed by atoms with E-state index in [1.807, 2.05) is 0 Å². The number of unbranched alkanes of at least 4 members (excludes halogenated alkanes) is 1. The Morgan fingerprint density at radius 3 is 2.46 bits per heavy atom. The molecule has 0 saturated heterocycles. The van der Waals surface area contributed by atoms with Crippen LogP contribution in [-0.2, 0) is 0 Å². The van der Waals surface area contributed by atoms with Gasteiger partial charge in [-0.15, -0.1) is 12.6 Å². The van der Waals surface area contributed by atoms with E-state index in [0.717, 1.165) is 12.5 Å². The summed E-state index contributed by atoms with van der Waals surface area (Å²) >= 11 is 8.92. The number of rotatable bonds is 7. The van der Waals surface area contributed by atoms with Crippen LogP contribution in [-0.4, -0.2) is 10.9 Å². The Labute approximate surface area is 93.1 Å². The number of hydrogen-bond acceptors (Lipinski definition) is 1. The van der Waals surface area contributed by atoms with Crippen molar-refractivity contribution in [3.8, 4) is 0 Å². The summed E-state index contributed by atoms with van der Waals surface area (Å²) in [6, 6.07) is 0. The number of thiocarbonyl (C=S) groups is 1. The van der Waals surface area contributed by atoms with Gasteiger partial charge in [-0.25, -0.2) is 0 Å². The van der Waals surface area contributed by atoms with E-state index < -0.39 is 0 Å². The molecule has 0 fully saturated rings. The van der Waals surface area contributed by atoms with E-state index in [-0.39, 0.29) is 0 Å². The third kappa shape index (κ3) is 8.57. The highest BCUT2D eigenvalue weighted by Gasteiger charge is 2.06.